The van der Waals surface area contributed by atoms with Gasteiger partial charge in [0.2, 0.25) is 21.8 Å². The number of phosphoric ester groups is 1. The number of sulfonamides is 1. The molecular formula is C89H98ClF5N7O21PS. The highest BCUT2D eigenvalue weighted by Crippen LogP contribution is 2.53. The molecular weight excluding hydrogens is 1700 g/mol. The molecule has 1 unspecified atom stereocenters. The lowest BCUT2D eigenvalue weighted by atomic mass is 9.88. The first kappa shape index (κ1) is 106. The number of amidine groups is 1. The monoisotopic (exact) mass is 1790 g/mol. The molecule has 0 aliphatic heterocycles. The second-order valence-electron chi connectivity index (χ2n) is 27.8. The van der Waals surface area contributed by atoms with E-state index in [0.717, 1.165) is 49.0 Å². The zero-order chi connectivity index (χ0) is 94.5. The number of hydrogen-bond donors (Lipinski definition) is 2. The summed E-state index contributed by atoms with van der Waals surface area (Å²) in [5.74, 6) is -9.89. The minimum Gasteiger partial charge on any atom is -0.469 e. The van der Waals surface area contributed by atoms with E-state index in [0.29, 0.717) is 45.2 Å². The number of carbonyl (C=O) groups excluding carboxylic acids is 10. The number of para-hydroxylation sites is 2. The van der Waals surface area contributed by atoms with E-state index in [9.17, 15) is 82.9 Å². The minimum absolute atomic E-state index is 0.0105. The number of ether oxygens (including phenoxy) is 5. The molecule has 0 bridgehead atoms. The van der Waals surface area contributed by atoms with Crippen LogP contribution in [0.2, 0.25) is 0 Å². The molecule has 0 aliphatic rings. The molecule has 9 rings (SSSR count). The predicted octanol–water partition coefficient (Wildman–Crippen LogP) is 17.4. The Morgan fingerprint density at radius 1 is 0.504 bits per heavy atom. The number of rotatable bonds is 27. The zero-order valence-corrected chi connectivity index (χ0v) is 74.5. The van der Waals surface area contributed by atoms with Crippen molar-refractivity contribution in [3.8, 4) is 34.0 Å². The SMILES string of the molecule is CC(=N)N.COC(=O)/C(C(=O)c1ccc(F)cc1)=C(\OP(=O)(Oc1ccccc1)Oc1ccccc1)C(C)C.COC(=O)C(C(=O)c1ccc(F)cc1)C(=O)C(C)C.COC(=O)CC(=O)C(C)C.COC(=O)c1c(-c2ccc(F)cc2)nc(C)nc1C(C)C.COC(=O)c1c(-c2ccc(F)cc2)nc(N(C)S(C)(=O)=O)nc1C(C)C.O=C(Cl)c1ccc(F)cc1. The van der Waals surface area contributed by atoms with Gasteiger partial charge in [0.05, 0.1) is 70.4 Å². The van der Waals surface area contributed by atoms with Crippen LogP contribution in [0, 0.1) is 65.1 Å². The van der Waals surface area contributed by atoms with Crippen molar-refractivity contribution < 1.29 is 120 Å². The maximum atomic E-state index is 13.9. The first-order valence-corrected chi connectivity index (χ1v) is 41.4. The van der Waals surface area contributed by atoms with Crippen LogP contribution in [0.25, 0.3) is 22.5 Å². The number of carbonyl (C=O) groups is 10. The maximum absolute atomic E-state index is 13.9. The third kappa shape index (κ3) is 34.3. The molecule has 7 aromatic carbocycles. The summed E-state index contributed by atoms with van der Waals surface area (Å²) in [5.41, 5.74) is 7.80. The molecule has 28 nitrogen and oxygen atoms in total. The lowest BCUT2D eigenvalue weighted by Crippen LogP contribution is -2.35. The molecule has 0 fully saturated rings. The average molecular weight is 1800 g/mol. The van der Waals surface area contributed by atoms with Crippen LogP contribution in [0.15, 0.2) is 193 Å². The van der Waals surface area contributed by atoms with Crippen LogP contribution in [0.1, 0.15) is 163 Å². The number of esters is 5. The normalized spacial score (nSPS) is 11.1. The van der Waals surface area contributed by atoms with Crippen molar-refractivity contribution in [1.82, 2.24) is 19.9 Å². The Labute approximate surface area is 726 Å². The smallest absolute Gasteiger partial charge is 0.469 e. The number of allylic oxidation sites excluding steroid dienone is 1. The van der Waals surface area contributed by atoms with Gasteiger partial charge < -0.3 is 43.0 Å². The summed E-state index contributed by atoms with van der Waals surface area (Å²) >= 11 is 5.09. The lowest BCUT2D eigenvalue weighted by molar-refractivity contribution is -0.148. The molecule has 2 heterocycles. The Bertz CT molecular complexity index is 5360. The van der Waals surface area contributed by atoms with Gasteiger partial charge in [0.1, 0.15) is 81.1 Å². The number of phosphoric acid groups is 1. The summed E-state index contributed by atoms with van der Waals surface area (Å²) in [6.45, 7) is 20.8. The number of halogens is 6. The van der Waals surface area contributed by atoms with E-state index in [1.807, 2.05) is 27.7 Å². The molecule has 0 saturated heterocycles. The summed E-state index contributed by atoms with van der Waals surface area (Å²) < 4.78 is 144. The molecule has 3 N–H and O–H groups in total. The number of hydrogen-bond acceptors (Lipinski definition) is 26. The summed E-state index contributed by atoms with van der Waals surface area (Å²) in [5, 5.41) is 5.71. The number of nitrogens with one attached hydrogen (secondary N) is 1. The van der Waals surface area contributed by atoms with Crippen LogP contribution in [0.3, 0.4) is 0 Å². The Morgan fingerprint density at radius 2 is 0.880 bits per heavy atom. The Morgan fingerprint density at radius 3 is 1.22 bits per heavy atom. The number of nitrogens with zero attached hydrogens (tertiary/aromatic N) is 5. The molecule has 0 spiro atoms. The van der Waals surface area contributed by atoms with Crippen molar-refractivity contribution in [3.05, 3.63) is 267 Å². The van der Waals surface area contributed by atoms with Gasteiger partial charge in [-0.2, -0.15) is 4.57 Å². The van der Waals surface area contributed by atoms with E-state index >= 15 is 0 Å². The van der Waals surface area contributed by atoms with Crippen LogP contribution in [0.5, 0.6) is 11.5 Å². The van der Waals surface area contributed by atoms with Gasteiger partial charge in [0, 0.05) is 52.6 Å². The van der Waals surface area contributed by atoms with E-state index in [-0.39, 0.29) is 93.0 Å². The molecule has 36 heteroatoms. The fourth-order valence-electron chi connectivity index (χ4n) is 10.00. The third-order valence-electron chi connectivity index (χ3n) is 16.4. The van der Waals surface area contributed by atoms with Crippen molar-refractivity contribution in [1.29, 1.82) is 5.41 Å². The number of aryl methyl sites for hydroxylation is 1. The number of benzene rings is 7. The lowest BCUT2D eigenvalue weighted by Gasteiger charge is -2.23. The highest BCUT2D eigenvalue weighted by molar-refractivity contribution is 7.92. The first-order chi connectivity index (χ1) is 58.6. The number of Topliss-reactive ketones (excluding diaryl/α,β-unsaturated/α-hetero) is 4. The van der Waals surface area contributed by atoms with Gasteiger partial charge in [-0.25, -0.2) is 69.0 Å². The molecule has 125 heavy (non-hydrogen) atoms. The first-order valence-electron chi connectivity index (χ1n) is 37.7. The van der Waals surface area contributed by atoms with Gasteiger partial charge in [-0.1, -0.05) is 106 Å². The van der Waals surface area contributed by atoms with E-state index in [1.54, 1.807) is 121 Å². The molecule has 9 aromatic rings. The minimum atomic E-state index is -4.49. The van der Waals surface area contributed by atoms with Gasteiger partial charge >= 0.3 is 37.7 Å². The van der Waals surface area contributed by atoms with Crippen LogP contribution in [-0.2, 0) is 66.8 Å². The third-order valence-corrected chi connectivity index (χ3v) is 19.1. The van der Waals surface area contributed by atoms with Crippen LogP contribution in [0.4, 0.5) is 27.9 Å². The molecule has 2 aromatic heterocycles. The maximum Gasteiger partial charge on any atom is 0.646 e. The Kier molecular flexibility index (Phi) is 43.4. The molecule has 0 radical (unpaired) electrons. The standard InChI is InChI=1S/C26H24FO7P.C17H20FN3O4S.C16H17FN2O2.C14H15FO4.C7H4ClFO.C7H12O3.C2H6N2/c1-18(2)25(23(26(29)31-3)24(28)19-14-16-20(27)17-15-19)34-35(30,32-21-10-6-4-7-11-21)33-22-12-8-5-9-13-22;1-10(2)14-13(16(22)25-4)15(11-6-8-12(18)9-7-11)20-17(19-14)21(3)26(5,23)24;1-9(2)14-13(16(20)21-4)15(19-10(3)18-14)11-5-7-12(17)8-6-11;1-8(2)12(16)11(14(18)19-3)13(17)9-4-6-10(15)7-5-9;8-7(10)5-1-3-6(9)4-2-5;1-5(2)6(8)4-7(9)10-3;1-2(3)4/h4-18H,1-3H3;6-10H,1-5H3;5-9H,1-4H3;4-8,11H,1-3H3;1-4H;5H,4H2,1-3H3;1H3,(H3,3,4)/b25-23-;;;;;;. The van der Waals surface area contributed by atoms with E-state index in [4.69, 9.17) is 50.5 Å². The number of aromatic nitrogens is 4. The van der Waals surface area contributed by atoms with Gasteiger partial charge in [-0.3, -0.25) is 39.0 Å². The molecule has 0 amide bonds. The second-order valence-corrected chi connectivity index (χ2v) is 31.6. The van der Waals surface area contributed by atoms with Gasteiger partial charge in [0.25, 0.3) is 5.24 Å². The van der Waals surface area contributed by atoms with E-state index in [1.165, 1.54) is 120 Å². The van der Waals surface area contributed by atoms with Gasteiger partial charge in [-0.15, -0.1) is 0 Å². The molecule has 0 saturated carbocycles. The molecule has 0 aliphatic carbocycles. The van der Waals surface area contributed by atoms with Crippen molar-refractivity contribution in [3.63, 3.8) is 0 Å². The van der Waals surface area contributed by atoms with Crippen molar-refractivity contribution in [2.45, 2.75) is 101 Å². The van der Waals surface area contributed by atoms with Gasteiger partial charge in [-0.05, 0) is 183 Å². The van der Waals surface area contributed by atoms with E-state index < -0.39 is 111 Å². The van der Waals surface area contributed by atoms with Crippen molar-refractivity contribution in [2.24, 2.45) is 29.4 Å². The second kappa shape index (κ2) is 51.1. The quantitative estimate of drug-likeness (QED) is 0.00392. The zero-order valence-electron chi connectivity index (χ0n) is 72.0. The predicted molar refractivity (Wildman–Crippen MR) is 458 cm³/mol. The average Bonchev–Trinajstić information content (AvgIpc) is 0.907. The highest BCUT2D eigenvalue weighted by atomic mass is 35.5. The largest absolute Gasteiger partial charge is 0.646 e. The number of anilines is 1. The number of methoxy groups -OCH3 is 5. The molecule has 1 atom stereocenters. The Balaban J connectivity index is 0.000000402. The summed E-state index contributed by atoms with van der Waals surface area (Å²) in [4.78, 5) is 135. The summed E-state index contributed by atoms with van der Waals surface area (Å²) in [6.07, 6.45) is 0.922. The summed E-state index contributed by atoms with van der Waals surface area (Å²) in [7, 11) is -0.749. The molecule has 668 valence electrons. The van der Waals surface area contributed by atoms with Crippen molar-refractivity contribution in [2.75, 3.05) is 53.2 Å². The Hall–Kier alpha value is -13.1. The number of nitrogens with two attached hydrogens (primary N) is 1. The van der Waals surface area contributed by atoms with Crippen LogP contribution >= 0.6 is 19.4 Å². The topological polar surface area (TPSA) is 400 Å². The number of ketones is 4. The van der Waals surface area contributed by atoms with E-state index in [2.05, 4.69) is 29.4 Å². The van der Waals surface area contributed by atoms with Crippen LogP contribution < -0.4 is 19.1 Å². The fraction of sp³-hybridized carbons (Fsp3) is 0.292. The van der Waals surface area contributed by atoms with Crippen LogP contribution in [-0.4, -0.2) is 141 Å². The fourth-order valence-corrected chi connectivity index (χ4v) is 11.9. The van der Waals surface area contributed by atoms with Gasteiger partial charge in [0.15, 0.2) is 17.5 Å². The summed E-state index contributed by atoms with van der Waals surface area (Å²) in [6, 6.07) is 41.9. The van der Waals surface area contributed by atoms with Crippen molar-refractivity contribution >= 4 is 99.5 Å². The highest BCUT2D eigenvalue weighted by Gasteiger charge is 2.40.